The number of para-hydroxylation sites is 1. The Morgan fingerprint density at radius 2 is 2.24 bits per heavy atom. The van der Waals surface area contributed by atoms with Gasteiger partial charge in [0.25, 0.3) is 0 Å². The van der Waals surface area contributed by atoms with Crippen LogP contribution in [0.5, 0.6) is 5.75 Å². The number of anilines is 1. The van der Waals surface area contributed by atoms with Gasteiger partial charge in [-0.15, -0.1) is 0 Å². The molecule has 1 heterocycles. The maximum Gasteiger partial charge on any atom is 0.233 e. The van der Waals surface area contributed by atoms with E-state index in [2.05, 4.69) is 10.3 Å². The van der Waals surface area contributed by atoms with Crippen LogP contribution in [0.3, 0.4) is 0 Å². The molecule has 2 rings (SSSR count). The Morgan fingerprint density at radius 1 is 1.48 bits per heavy atom. The van der Waals surface area contributed by atoms with E-state index in [1.165, 1.54) is 0 Å². The molecule has 21 heavy (non-hydrogen) atoms. The molecule has 2 aromatic rings. The standard InChI is InChI=1S/C15H17N3O3/c1-3-10(9-19)17-15-12(8-16)18-14(21-15)11-6-4-5-7-13(11)20-2/h4-7,10,17,19H,3,9H2,1-2H3/t10-/m0/s1. The van der Waals surface area contributed by atoms with Crippen LogP contribution in [-0.4, -0.2) is 29.8 Å². The number of aliphatic hydroxyl groups excluding tert-OH is 1. The van der Waals surface area contributed by atoms with Crippen molar-refractivity contribution in [2.75, 3.05) is 19.0 Å². The fraction of sp³-hybridized carbons (Fsp3) is 0.333. The molecular weight excluding hydrogens is 270 g/mol. The van der Waals surface area contributed by atoms with Crippen LogP contribution in [0, 0.1) is 11.3 Å². The Bertz CT molecular complexity index is 642. The van der Waals surface area contributed by atoms with Crippen LogP contribution >= 0.6 is 0 Å². The molecule has 0 saturated heterocycles. The summed E-state index contributed by atoms with van der Waals surface area (Å²) < 4.78 is 10.9. The maximum absolute atomic E-state index is 9.23. The quantitative estimate of drug-likeness (QED) is 0.847. The van der Waals surface area contributed by atoms with Crippen molar-refractivity contribution in [1.82, 2.24) is 4.98 Å². The molecule has 0 aliphatic carbocycles. The maximum atomic E-state index is 9.23. The van der Waals surface area contributed by atoms with Crippen molar-refractivity contribution in [2.45, 2.75) is 19.4 Å². The van der Waals surface area contributed by atoms with Crippen molar-refractivity contribution in [2.24, 2.45) is 0 Å². The molecule has 0 aliphatic rings. The van der Waals surface area contributed by atoms with Gasteiger partial charge in [0, 0.05) is 0 Å². The van der Waals surface area contributed by atoms with Crippen molar-refractivity contribution in [3.8, 4) is 23.3 Å². The molecule has 1 atom stereocenters. The van der Waals surface area contributed by atoms with Gasteiger partial charge in [-0.25, -0.2) is 0 Å². The molecule has 0 unspecified atom stereocenters. The van der Waals surface area contributed by atoms with Crippen LogP contribution < -0.4 is 10.1 Å². The van der Waals surface area contributed by atoms with Gasteiger partial charge in [0.15, 0.2) is 0 Å². The third-order valence-electron chi connectivity index (χ3n) is 3.12. The summed E-state index contributed by atoms with van der Waals surface area (Å²) in [4.78, 5) is 4.18. The Morgan fingerprint density at radius 3 is 2.86 bits per heavy atom. The predicted octanol–water partition coefficient (Wildman–Crippen LogP) is 2.40. The molecule has 0 amide bonds. The van der Waals surface area contributed by atoms with Gasteiger partial charge in [0.2, 0.25) is 17.5 Å². The van der Waals surface area contributed by atoms with Gasteiger partial charge >= 0.3 is 0 Å². The second-order valence-electron chi connectivity index (χ2n) is 4.44. The number of nitriles is 1. The molecule has 0 fully saturated rings. The number of nitrogens with one attached hydrogen (secondary N) is 1. The lowest BCUT2D eigenvalue weighted by Crippen LogP contribution is -2.22. The van der Waals surface area contributed by atoms with Crippen LogP contribution in [0.25, 0.3) is 11.5 Å². The van der Waals surface area contributed by atoms with E-state index in [4.69, 9.17) is 14.4 Å². The fourth-order valence-corrected chi connectivity index (χ4v) is 1.89. The van der Waals surface area contributed by atoms with E-state index in [0.29, 0.717) is 23.6 Å². The molecule has 6 nitrogen and oxygen atoms in total. The Balaban J connectivity index is 2.39. The molecule has 0 bridgehead atoms. The van der Waals surface area contributed by atoms with Crippen LogP contribution in [-0.2, 0) is 0 Å². The normalized spacial score (nSPS) is 11.7. The SMILES string of the molecule is CC[C@@H](CO)Nc1oc(-c2ccccc2OC)nc1C#N. The summed E-state index contributed by atoms with van der Waals surface area (Å²) in [6.07, 6.45) is 0.700. The number of rotatable bonds is 6. The van der Waals surface area contributed by atoms with Crippen molar-refractivity contribution >= 4 is 5.88 Å². The van der Waals surface area contributed by atoms with Crippen LogP contribution in [0.1, 0.15) is 19.0 Å². The van der Waals surface area contributed by atoms with Crippen LogP contribution in [0.4, 0.5) is 5.88 Å². The number of aliphatic hydroxyl groups is 1. The van der Waals surface area contributed by atoms with E-state index >= 15 is 0 Å². The number of benzene rings is 1. The van der Waals surface area contributed by atoms with Gasteiger partial charge in [-0.3, -0.25) is 0 Å². The molecule has 0 radical (unpaired) electrons. The second-order valence-corrected chi connectivity index (χ2v) is 4.44. The number of oxazole rings is 1. The molecule has 1 aromatic heterocycles. The zero-order valence-corrected chi connectivity index (χ0v) is 12.0. The number of hydrogen-bond donors (Lipinski definition) is 2. The number of aromatic nitrogens is 1. The fourth-order valence-electron chi connectivity index (χ4n) is 1.89. The van der Waals surface area contributed by atoms with E-state index in [1.54, 1.807) is 19.2 Å². The average Bonchev–Trinajstić information content (AvgIpc) is 2.95. The first-order chi connectivity index (χ1) is 10.2. The second kappa shape index (κ2) is 6.77. The number of methoxy groups -OCH3 is 1. The highest BCUT2D eigenvalue weighted by Gasteiger charge is 2.19. The minimum absolute atomic E-state index is 0.0495. The monoisotopic (exact) mass is 287 g/mol. The lowest BCUT2D eigenvalue weighted by Gasteiger charge is -2.12. The molecule has 1 aromatic carbocycles. The third kappa shape index (κ3) is 3.15. The number of ether oxygens (including phenoxy) is 1. The summed E-state index contributed by atoms with van der Waals surface area (Å²) in [5.74, 6) is 1.18. The topological polar surface area (TPSA) is 91.3 Å². The summed E-state index contributed by atoms with van der Waals surface area (Å²) in [5, 5.41) is 21.4. The first-order valence-electron chi connectivity index (χ1n) is 6.65. The molecule has 2 N–H and O–H groups in total. The number of hydrogen-bond acceptors (Lipinski definition) is 6. The molecule has 110 valence electrons. The molecular formula is C15H17N3O3. The summed E-state index contributed by atoms with van der Waals surface area (Å²) >= 11 is 0. The highest BCUT2D eigenvalue weighted by atomic mass is 16.5. The molecule has 0 saturated carbocycles. The van der Waals surface area contributed by atoms with E-state index in [9.17, 15) is 5.11 Å². The van der Waals surface area contributed by atoms with Crippen molar-refractivity contribution < 1.29 is 14.3 Å². The Hall–Kier alpha value is -2.52. The predicted molar refractivity (Wildman–Crippen MR) is 78.0 cm³/mol. The van der Waals surface area contributed by atoms with Crippen LogP contribution in [0.15, 0.2) is 28.7 Å². The van der Waals surface area contributed by atoms with Gasteiger partial charge in [0.1, 0.15) is 11.8 Å². The molecule has 0 aliphatic heterocycles. The minimum atomic E-state index is -0.185. The lowest BCUT2D eigenvalue weighted by atomic mass is 10.2. The van der Waals surface area contributed by atoms with Gasteiger partial charge in [-0.2, -0.15) is 10.2 Å². The lowest BCUT2D eigenvalue weighted by molar-refractivity contribution is 0.270. The van der Waals surface area contributed by atoms with E-state index in [-0.39, 0.29) is 24.2 Å². The van der Waals surface area contributed by atoms with Gasteiger partial charge in [-0.1, -0.05) is 19.1 Å². The van der Waals surface area contributed by atoms with Gasteiger partial charge in [0.05, 0.1) is 25.3 Å². The average molecular weight is 287 g/mol. The van der Waals surface area contributed by atoms with Gasteiger partial charge < -0.3 is 19.6 Å². The van der Waals surface area contributed by atoms with E-state index < -0.39 is 0 Å². The first-order valence-corrected chi connectivity index (χ1v) is 6.65. The van der Waals surface area contributed by atoms with Gasteiger partial charge in [-0.05, 0) is 18.6 Å². The summed E-state index contributed by atoms with van der Waals surface area (Å²) in [6.45, 7) is 1.88. The summed E-state index contributed by atoms with van der Waals surface area (Å²) in [7, 11) is 1.56. The zero-order valence-electron chi connectivity index (χ0n) is 12.0. The Labute approximate surface area is 123 Å². The highest BCUT2D eigenvalue weighted by molar-refractivity contribution is 5.65. The number of nitrogens with zero attached hydrogens (tertiary/aromatic N) is 2. The van der Waals surface area contributed by atoms with E-state index in [1.807, 2.05) is 25.1 Å². The smallest absolute Gasteiger partial charge is 0.233 e. The van der Waals surface area contributed by atoms with E-state index in [0.717, 1.165) is 0 Å². The zero-order chi connectivity index (χ0) is 15.2. The summed E-state index contributed by atoms with van der Waals surface area (Å²) in [5.41, 5.74) is 0.824. The third-order valence-corrected chi connectivity index (χ3v) is 3.12. The molecule has 0 spiro atoms. The summed E-state index contributed by atoms with van der Waals surface area (Å²) in [6, 6.07) is 9.08. The van der Waals surface area contributed by atoms with Crippen molar-refractivity contribution in [3.63, 3.8) is 0 Å². The first kappa shape index (κ1) is 14.9. The largest absolute Gasteiger partial charge is 0.496 e. The van der Waals surface area contributed by atoms with Crippen LogP contribution in [0.2, 0.25) is 0 Å². The molecule has 6 heteroatoms. The highest BCUT2D eigenvalue weighted by Crippen LogP contribution is 2.32. The van der Waals surface area contributed by atoms with Crippen molar-refractivity contribution in [1.29, 1.82) is 5.26 Å². The minimum Gasteiger partial charge on any atom is -0.496 e. The Kier molecular flexibility index (Phi) is 4.80. The van der Waals surface area contributed by atoms with Crippen molar-refractivity contribution in [3.05, 3.63) is 30.0 Å².